The molecule has 0 saturated heterocycles. The number of hydrogen-bond donors (Lipinski definition) is 2. The molecule has 0 amide bonds. The number of nitrogens with one attached hydrogen (secondary N) is 2. The molecule has 3 rings (SSSR count). The van der Waals surface area contributed by atoms with Crippen LogP contribution in [0.3, 0.4) is 0 Å². The minimum Gasteiger partial charge on any atom is -0.309 e. The van der Waals surface area contributed by atoms with Crippen molar-refractivity contribution in [3.05, 3.63) is 103 Å². The Morgan fingerprint density at radius 1 is 1.11 bits per heavy atom. The van der Waals surface area contributed by atoms with E-state index in [0.29, 0.717) is 12.0 Å². The van der Waals surface area contributed by atoms with Crippen LogP contribution in [0.1, 0.15) is 63.3 Å². The SMILES string of the molecule is C=C/C=C(\C=C)C(C)NC1CCC(CN/N=C(\C(=C)c2ccncn2)c2ccc(C)cc2)CC1.CC. The predicted molar refractivity (Wildman–Crippen MR) is 155 cm³/mol. The molecule has 0 aliphatic heterocycles. The minimum absolute atomic E-state index is 0.282. The summed E-state index contributed by atoms with van der Waals surface area (Å²) in [4.78, 5) is 8.38. The van der Waals surface area contributed by atoms with Crippen LogP contribution in [0.5, 0.6) is 0 Å². The monoisotopic (exact) mass is 485 g/mol. The van der Waals surface area contributed by atoms with Gasteiger partial charge in [0.15, 0.2) is 0 Å². The van der Waals surface area contributed by atoms with Gasteiger partial charge in [0, 0.05) is 36.0 Å². The third-order valence-corrected chi connectivity index (χ3v) is 6.45. The van der Waals surface area contributed by atoms with Crippen molar-refractivity contribution in [3.8, 4) is 0 Å². The van der Waals surface area contributed by atoms with E-state index in [1.54, 1.807) is 12.5 Å². The van der Waals surface area contributed by atoms with Gasteiger partial charge >= 0.3 is 0 Å². The van der Waals surface area contributed by atoms with Gasteiger partial charge in [0.05, 0.1) is 11.4 Å². The lowest BCUT2D eigenvalue weighted by Crippen LogP contribution is -2.40. The van der Waals surface area contributed by atoms with Crippen LogP contribution in [0.15, 0.2) is 91.5 Å². The number of aryl methyl sites for hydroxylation is 1. The molecule has 2 N–H and O–H groups in total. The van der Waals surface area contributed by atoms with E-state index < -0.39 is 0 Å². The zero-order valence-electron chi connectivity index (χ0n) is 22.5. The predicted octanol–water partition coefficient (Wildman–Crippen LogP) is 6.65. The summed E-state index contributed by atoms with van der Waals surface area (Å²) in [5, 5.41) is 8.53. The molecule has 5 nitrogen and oxygen atoms in total. The van der Waals surface area contributed by atoms with E-state index in [-0.39, 0.29) is 6.04 Å². The van der Waals surface area contributed by atoms with Crippen LogP contribution in [0.25, 0.3) is 5.57 Å². The van der Waals surface area contributed by atoms with Gasteiger partial charge in [0.2, 0.25) is 0 Å². The smallest absolute Gasteiger partial charge is 0.116 e. The molecule has 0 radical (unpaired) electrons. The number of allylic oxidation sites excluding steroid dienone is 3. The minimum atomic E-state index is 0.282. The largest absolute Gasteiger partial charge is 0.309 e. The molecular formula is C31H43N5. The lowest BCUT2D eigenvalue weighted by molar-refractivity contribution is 0.278. The summed E-state index contributed by atoms with van der Waals surface area (Å²) in [6.45, 7) is 21.1. The molecule has 1 aliphatic carbocycles. The van der Waals surface area contributed by atoms with E-state index in [9.17, 15) is 0 Å². The quantitative estimate of drug-likeness (QED) is 0.212. The zero-order chi connectivity index (χ0) is 26.3. The normalized spacial score (nSPS) is 18.9. The average Bonchev–Trinajstić information content (AvgIpc) is 2.92. The Hall–Kier alpha value is -3.31. The Morgan fingerprint density at radius 2 is 1.81 bits per heavy atom. The van der Waals surface area contributed by atoms with Crippen LogP contribution in [-0.2, 0) is 0 Å². The van der Waals surface area contributed by atoms with Crippen molar-refractivity contribution in [1.29, 1.82) is 0 Å². The molecule has 192 valence electrons. The lowest BCUT2D eigenvalue weighted by Gasteiger charge is -2.31. The van der Waals surface area contributed by atoms with Gasteiger partial charge in [-0.15, -0.1) is 0 Å². The molecule has 0 spiro atoms. The summed E-state index contributed by atoms with van der Waals surface area (Å²) in [5.41, 5.74) is 9.14. The van der Waals surface area contributed by atoms with E-state index in [1.807, 2.05) is 38.1 Å². The molecule has 1 atom stereocenters. The molecule has 2 aromatic rings. The first-order valence-corrected chi connectivity index (χ1v) is 13.1. The van der Waals surface area contributed by atoms with Gasteiger partial charge in [0.1, 0.15) is 6.33 Å². The second-order valence-electron chi connectivity index (χ2n) is 8.97. The van der Waals surface area contributed by atoms with Gasteiger partial charge in [-0.25, -0.2) is 9.97 Å². The molecule has 36 heavy (non-hydrogen) atoms. The molecular weight excluding hydrogens is 442 g/mol. The Bertz CT molecular complexity index is 1010. The third-order valence-electron chi connectivity index (χ3n) is 6.45. The van der Waals surface area contributed by atoms with E-state index >= 15 is 0 Å². The summed E-state index contributed by atoms with van der Waals surface area (Å²) in [7, 11) is 0. The van der Waals surface area contributed by atoms with Crippen molar-refractivity contribution in [2.24, 2.45) is 11.0 Å². The second kappa shape index (κ2) is 15.6. The zero-order valence-corrected chi connectivity index (χ0v) is 22.5. The fourth-order valence-corrected chi connectivity index (χ4v) is 4.37. The summed E-state index contributed by atoms with van der Waals surface area (Å²) >= 11 is 0. The van der Waals surface area contributed by atoms with Crippen LogP contribution in [0.2, 0.25) is 0 Å². The maximum absolute atomic E-state index is 4.78. The van der Waals surface area contributed by atoms with Gasteiger partial charge in [-0.1, -0.05) is 81.6 Å². The van der Waals surface area contributed by atoms with Crippen molar-refractivity contribution in [1.82, 2.24) is 20.7 Å². The van der Waals surface area contributed by atoms with Gasteiger partial charge < -0.3 is 10.7 Å². The highest BCUT2D eigenvalue weighted by Gasteiger charge is 2.22. The Labute approximate surface area is 218 Å². The van der Waals surface area contributed by atoms with Crippen molar-refractivity contribution >= 4 is 11.3 Å². The lowest BCUT2D eigenvalue weighted by atomic mass is 9.85. The first kappa shape index (κ1) is 28.9. The van der Waals surface area contributed by atoms with E-state index in [0.717, 1.165) is 41.9 Å². The Balaban J connectivity index is 0.00000222. The number of hydrogen-bond acceptors (Lipinski definition) is 5. The third kappa shape index (κ3) is 8.72. The van der Waals surface area contributed by atoms with Crippen molar-refractivity contribution in [3.63, 3.8) is 0 Å². The highest BCUT2D eigenvalue weighted by Crippen LogP contribution is 2.25. The highest BCUT2D eigenvalue weighted by molar-refractivity contribution is 6.30. The van der Waals surface area contributed by atoms with E-state index in [4.69, 9.17) is 5.10 Å². The van der Waals surface area contributed by atoms with Crippen LogP contribution in [0, 0.1) is 12.8 Å². The topological polar surface area (TPSA) is 62.2 Å². The van der Waals surface area contributed by atoms with Crippen LogP contribution >= 0.6 is 0 Å². The van der Waals surface area contributed by atoms with Gasteiger partial charge in [0.25, 0.3) is 0 Å². The van der Waals surface area contributed by atoms with Gasteiger partial charge in [-0.3, -0.25) is 0 Å². The molecule has 1 saturated carbocycles. The number of rotatable bonds is 11. The van der Waals surface area contributed by atoms with Crippen molar-refractivity contribution < 1.29 is 0 Å². The summed E-state index contributed by atoms with van der Waals surface area (Å²) in [5.74, 6) is 0.603. The second-order valence-corrected chi connectivity index (χ2v) is 8.97. The van der Waals surface area contributed by atoms with E-state index in [2.05, 4.69) is 78.6 Å². The first-order valence-electron chi connectivity index (χ1n) is 13.1. The van der Waals surface area contributed by atoms with Crippen LogP contribution in [0.4, 0.5) is 0 Å². The summed E-state index contributed by atoms with van der Waals surface area (Å²) in [6.07, 6.45) is 13.7. The number of benzene rings is 1. The van der Waals surface area contributed by atoms with Crippen molar-refractivity contribution in [2.45, 2.75) is 65.5 Å². The molecule has 0 bridgehead atoms. The van der Waals surface area contributed by atoms with Gasteiger partial charge in [-0.05, 0) is 57.1 Å². The number of aromatic nitrogens is 2. The number of nitrogens with zero attached hydrogens (tertiary/aromatic N) is 3. The molecule has 1 unspecified atom stereocenters. The molecule has 1 aromatic heterocycles. The van der Waals surface area contributed by atoms with Gasteiger partial charge in [-0.2, -0.15) is 5.10 Å². The summed E-state index contributed by atoms with van der Waals surface area (Å²) in [6, 6.07) is 11.0. The Kier molecular flexibility index (Phi) is 12.6. The van der Waals surface area contributed by atoms with E-state index in [1.165, 1.54) is 24.0 Å². The molecule has 1 aromatic carbocycles. The number of hydrazone groups is 1. The average molecular weight is 486 g/mol. The van der Waals surface area contributed by atoms with Crippen molar-refractivity contribution in [2.75, 3.05) is 6.54 Å². The standard InChI is InChI=1S/C29H37N5.C2H6/c1-6-8-25(7-2)23(5)33-27-15-11-24(12-16-27)19-32-34-29(26-13-9-21(3)10-14-26)22(4)28-17-18-30-20-31-28;1-2/h6-10,13-14,17-18,20,23-24,27,32-33H,1-2,4,11-12,15-16,19H2,3,5H3;1-2H3/b25-8+,34-29+;. The maximum atomic E-state index is 4.78. The van der Waals surface area contributed by atoms with Crippen LogP contribution < -0.4 is 10.7 Å². The first-order chi connectivity index (χ1) is 17.5. The fraction of sp³-hybridized carbons (Fsp3) is 0.387. The Morgan fingerprint density at radius 3 is 2.39 bits per heavy atom. The highest BCUT2D eigenvalue weighted by atomic mass is 15.3. The molecule has 1 fully saturated rings. The maximum Gasteiger partial charge on any atom is 0.116 e. The molecule has 5 heteroatoms. The molecule has 1 aliphatic rings. The summed E-state index contributed by atoms with van der Waals surface area (Å²) < 4.78 is 0. The fourth-order valence-electron chi connectivity index (χ4n) is 4.37. The molecule has 1 heterocycles. The van der Waals surface area contributed by atoms with Crippen LogP contribution in [-0.4, -0.2) is 34.3 Å².